The number of thiophene rings is 1. The van der Waals surface area contributed by atoms with Gasteiger partial charge in [-0.3, -0.25) is 0 Å². The molecule has 2 heterocycles. The Bertz CT molecular complexity index is 610. The van der Waals surface area contributed by atoms with Crippen molar-refractivity contribution >= 4 is 39.0 Å². The topological polar surface area (TPSA) is 92.5 Å². The van der Waals surface area contributed by atoms with Crippen LogP contribution in [0.2, 0.25) is 4.34 Å². The van der Waals surface area contributed by atoms with Gasteiger partial charge >= 0.3 is 6.03 Å². The van der Waals surface area contributed by atoms with E-state index in [2.05, 4.69) is 5.32 Å². The number of rotatable bonds is 5. The van der Waals surface area contributed by atoms with E-state index in [-0.39, 0.29) is 17.7 Å². The number of hydrogen-bond donors (Lipinski definition) is 2. The number of nitrogens with zero attached hydrogens (tertiary/aromatic N) is 1. The van der Waals surface area contributed by atoms with Crippen LogP contribution < -0.4 is 10.5 Å². The molecule has 2 rings (SSSR count). The first-order valence-electron chi connectivity index (χ1n) is 7.11. The minimum atomic E-state index is -3.43. The van der Waals surface area contributed by atoms with Gasteiger partial charge < -0.3 is 10.2 Å². The molecule has 1 aliphatic rings. The van der Waals surface area contributed by atoms with Crippen LogP contribution in [0.25, 0.3) is 0 Å². The normalized spacial score (nSPS) is 16.7. The van der Waals surface area contributed by atoms with E-state index in [9.17, 15) is 13.2 Å². The van der Waals surface area contributed by atoms with Crippen LogP contribution in [0.3, 0.4) is 0 Å². The lowest BCUT2D eigenvalue weighted by molar-refractivity contribution is 0.174. The van der Waals surface area contributed by atoms with E-state index in [0.717, 1.165) is 15.6 Å². The molecule has 0 radical (unpaired) electrons. The molecule has 22 heavy (non-hydrogen) atoms. The number of primary sulfonamides is 1. The molecule has 124 valence electrons. The van der Waals surface area contributed by atoms with Crippen molar-refractivity contribution in [1.82, 2.24) is 10.2 Å². The predicted octanol–water partition coefficient (Wildman–Crippen LogP) is 1.65. The number of amides is 2. The molecular weight excluding hydrogens is 346 g/mol. The van der Waals surface area contributed by atoms with E-state index in [4.69, 9.17) is 16.7 Å². The van der Waals surface area contributed by atoms with Crippen molar-refractivity contribution in [2.45, 2.75) is 19.3 Å². The summed E-state index contributed by atoms with van der Waals surface area (Å²) in [6.45, 7) is 1.69. The van der Waals surface area contributed by atoms with Gasteiger partial charge in [0.2, 0.25) is 10.0 Å². The summed E-state index contributed by atoms with van der Waals surface area (Å²) in [4.78, 5) is 14.9. The molecule has 6 nitrogen and oxygen atoms in total. The second-order valence-electron chi connectivity index (χ2n) is 5.45. The molecule has 0 aromatic carbocycles. The highest BCUT2D eigenvalue weighted by molar-refractivity contribution is 7.89. The molecule has 0 saturated carbocycles. The maximum absolute atomic E-state index is 12.0. The lowest BCUT2D eigenvalue weighted by atomic mass is 9.99. The Labute approximate surface area is 139 Å². The third-order valence-corrected chi connectivity index (χ3v) is 5.87. The van der Waals surface area contributed by atoms with Gasteiger partial charge in [-0.1, -0.05) is 11.6 Å². The van der Waals surface area contributed by atoms with E-state index < -0.39 is 10.0 Å². The van der Waals surface area contributed by atoms with Crippen LogP contribution in [-0.2, 0) is 16.4 Å². The number of urea groups is 1. The molecule has 0 atom stereocenters. The highest BCUT2D eigenvalue weighted by Gasteiger charge is 2.25. The number of carbonyl (C=O) groups excluding carboxylic acids is 1. The van der Waals surface area contributed by atoms with E-state index in [1.165, 1.54) is 11.3 Å². The Morgan fingerprint density at radius 3 is 2.64 bits per heavy atom. The molecular formula is C13H20ClN3O3S2. The second kappa shape index (κ2) is 7.63. The molecule has 0 unspecified atom stereocenters. The Kier molecular flexibility index (Phi) is 6.08. The minimum absolute atomic E-state index is 0.00158. The van der Waals surface area contributed by atoms with Gasteiger partial charge in [-0.2, -0.15) is 0 Å². The molecule has 2 amide bonds. The summed E-state index contributed by atoms with van der Waals surface area (Å²) in [6.07, 6.45) is 2.10. The molecule has 1 fully saturated rings. The fourth-order valence-electron chi connectivity index (χ4n) is 2.52. The SMILES string of the molecule is NS(=O)(=O)CC1CCN(C(=O)NCCc2ccc(Cl)s2)CC1. The van der Waals surface area contributed by atoms with Gasteiger partial charge in [0.15, 0.2) is 0 Å². The highest BCUT2D eigenvalue weighted by Crippen LogP contribution is 2.21. The number of likely N-dealkylation sites (tertiary alicyclic amines) is 1. The van der Waals surface area contributed by atoms with Crippen LogP contribution in [0.1, 0.15) is 17.7 Å². The van der Waals surface area contributed by atoms with E-state index >= 15 is 0 Å². The molecule has 3 N–H and O–H groups in total. The first-order chi connectivity index (χ1) is 10.3. The molecule has 9 heteroatoms. The zero-order valence-electron chi connectivity index (χ0n) is 12.1. The number of carbonyl (C=O) groups is 1. The second-order valence-corrected chi connectivity index (χ2v) is 8.91. The van der Waals surface area contributed by atoms with Gasteiger partial charge in [0, 0.05) is 24.5 Å². The smallest absolute Gasteiger partial charge is 0.317 e. The summed E-state index contributed by atoms with van der Waals surface area (Å²) in [6, 6.07) is 3.70. The van der Waals surface area contributed by atoms with Crippen LogP contribution in [0.15, 0.2) is 12.1 Å². The lowest BCUT2D eigenvalue weighted by Gasteiger charge is -2.31. The van der Waals surface area contributed by atoms with Crippen LogP contribution in [0, 0.1) is 5.92 Å². The Hall–Kier alpha value is -0.830. The van der Waals surface area contributed by atoms with Crippen molar-refractivity contribution in [3.8, 4) is 0 Å². The number of nitrogens with one attached hydrogen (secondary N) is 1. The van der Waals surface area contributed by atoms with Crippen molar-refractivity contribution < 1.29 is 13.2 Å². The molecule has 0 spiro atoms. The van der Waals surface area contributed by atoms with Crippen LogP contribution in [0.5, 0.6) is 0 Å². The standard InChI is InChI=1S/C13H20ClN3O3S2/c14-12-2-1-11(21-12)3-6-16-13(18)17-7-4-10(5-8-17)9-22(15,19)20/h1-2,10H,3-9H2,(H,16,18)(H2,15,19,20). The maximum Gasteiger partial charge on any atom is 0.317 e. The first-order valence-corrected chi connectivity index (χ1v) is 10.0. The third kappa shape index (κ3) is 5.75. The number of nitrogens with two attached hydrogens (primary N) is 1. The molecule has 1 saturated heterocycles. The Morgan fingerprint density at radius 1 is 1.41 bits per heavy atom. The lowest BCUT2D eigenvalue weighted by Crippen LogP contribution is -2.45. The summed E-state index contributed by atoms with van der Waals surface area (Å²) < 4.78 is 22.9. The van der Waals surface area contributed by atoms with Crippen LogP contribution in [-0.4, -0.2) is 44.7 Å². The van der Waals surface area contributed by atoms with E-state index in [0.29, 0.717) is 32.5 Å². The van der Waals surface area contributed by atoms with Gasteiger partial charge in [0.05, 0.1) is 10.1 Å². The molecule has 1 aromatic heterocycles. The van der Waals surface area contributed by atoms with Gasteiger partial charge in [-0.25, -0.2) is 18.4 Å². The van der Waals surface area contributed by atoms with Crippen molar-refractivity contribution in [2.75, 3.05) is 25.4 Å². The monoisotopic (exact) mass is 365 g/mol. The molecule has 0 bridgehead atoms. The number of halogens is 1. The zero-order valence-corrected chi connectivity index (χ0v) is 14.5. The van der Waals surface area contributed by atoms with Crippen LogP contribution >= 0.6 is 22.9 Å². The van der Waals surface area contributed by atoms with E-state index in [1.807, 2.05) is 12.1 Å². The minimum Gasteiger partial charge on any atom is -0.338 e. The number of piperidine rings is 1. The van der Waals surface area contributed by atoms with Gasteiger partial charge in [-0.05, 0) is 37.3 Å². The summed E-state index contributed by atoms with van der Waals surface area (Å²) in [5.74, 6) is 0.0500. The van der Waals surface area contributed by atoms with Gasteiger partial charge in [-0.15, -0.1) is 11.3 Å². The Balaban J connectivity index is 1.69. The fourth-order valence-corrected chi connectivity index (χ4v) is 4.60. The van der Waals surface area contributed by atoms with Crippen molar-refractivity contribution in [1.29, 1.82) is 0 Å². The fraction of sp³-hybridized carbons (Fsp3) is 0.615. The summed E-state index contributed by atoms with van der Waals surface area (Å²) in [7, 11) is -3.43. The van der Waals surface area contributed by atoms with Crippen LogP contribution in [0.4, 0.5) is 4.79 Å². The summed E-state index contributed by atoms with van der Waals surface area (Å²) in [5, 5.41) is 7.94. The average molecular weight is 366 g/mol. The largest absolute Gasteiger partial charge is 0.338 e. The van der Waals surface area contributed by atoms with Crippen molar-refractivity contribution in [3.63, 3.8) is 0 Å². The predicted molar refractivity (Wildman–Crippen MR) is 88.7 cm³/mol. The molecule has 0 aliphatic carbocycles. The first kappa shape index (κ1) is 17.5. The van der Waals surface area contributed by atoms with Gasteiger partial charge in [0.25, 0.3) is 0 Å². The third-order valence-electron chi connectivity index (χ3n) is 3.65. The average Bonchev–Trinajstić information content (AvgIpc) is 2.83. The molecule has 1 aliphatic heterocycles. The van der Waals surface area contributed by atoms with Crippen molar-refractivity contribution in [2.24, 2.45) is 11.1 Å². The Morgan fingerprint density at radius 2 is 2.09 bits per heavy atom. The summed E-state index contributed by atoms with van der Waals surface area (Å²) >= 11 is 7.37. The number of sulfonamides is 1. The maximum atomic E-state index is 12.0. The van der Waals surface area contributed by atoms with Crippen molar-refractivity contribution in [3.05, 3.63) is 21.3 Å². The van der Waals surface area contributed by atoms with E-state index in [1.54, 1.807) is 4.90 Å². The zero-order chi connectivity index (χ0) is 16.2. The van der Waals surface area contributed by atoms with Gasteiger partial charge in [0.1, 0.15) is 0 Å². The number of hydrogen-bond acceptors (Lipinski definition) is 4. The quantitative estimate of drug-likeness (QED) is 0.830. The molecule has 1 aromatic rings. The summed E-state index contributed by atoms with van der Waals surface area (Å²) in [5.41, 5.74) is 0. The highest BCUT2D eigenvalue weighted by atomic mass is 35.5.